The normalized spacial score (nSPS) is 12.8. The Kier molecular flexibility index (Phi) is 8.61. The minimum absolute atomic E-state index is 0.0602. The minimum atomic E-state index is -0.755. The molecule has 90 valence electrons. The largest absolute Gasteiger partial charge is 0.356 e. The van der Waals surface area contributed by atoms with Crippen molar-refractivity contribution >= 4 is 16.7 Å². The molecule has 0 aromatic rings. The molecule has 0 spiro atoms. The number of carbonyl (C=O) groups is 1. The smallest absolute Gasteiger partial charge is 0.221 e. The van der Waals surface area contributed by atoms with Crippen LogP contribution in [0.15, 0.2) is 0 Å². The molecule has 0 aliphatic rings. The standard InChI is InChI=1S/C10H22N2O2S/c1-9(2)11-7-5-10(13)12-6-4-8-15(3)14/h9,11H,4-8H2,1-3H3,(H,12,13). The van der Waals surface area contributed by atoms with Crippen LogP contribution in [0.4, 0.5) is 0 Å². The van der Waals surface area contributed by atoms with Crippen molar-refractivity contribution in [2.75, 3.05) is 25.1 Å². The number of hydrogen-bond donors (Lipinski definition) is 2. The fourth-order valence-corrected chi connectivity index (χ4v) is 1.62. The Bertz CT molecular complexity index is 208. The topological polar surface area (TPSA) is 58.2 Å². The van der Waals surface area contributed by atoms with Crippen LogP contribution in [-0.2, 0) is 15.6 Å². The predicted octanol–water partition coefficient (Wildman–Crippen LogP) is 0.259. The SMILES string of the molecule is CC(C)NCCC(=O)NCCCS(C)=O. The Hall–Kier alpha value is -0.420. The van der Waals surface area contributed by atoms with E-state index in [4.69, 9.17) is 0 Å². The summed E-state index contributed by atoms with van der Waals surface area (Å²) in [5.74, 6) is 0.717. The second-order valence-corrected chi connectivity index (χ2v) is 5.39. The first-order valence-corrected chi connectivity index (χ1v) is 7.05. The van der Waals surface area contributed by atoms with Crippen molar-refractivity contribution in [1.29, 1.82) is 0 Å². The van der Waals surface area contributed by atoms with Gasteiger partial charge >= 0.3 is 0 Å². The Balaban J connectivity index is 3.30. The van der Waals surface area contributed by atoms with Gasteiger partial charge in [0.05, 0.1) is 0 Å². The van der Waals surface area contributed by atoms with Crippen molar-refractivity contribution in [3.05, 3.63) is 0 Å². The molecule has 0 aromatic heterocycles. The highest BCUT2D eigenvalue weighted by Gasteiger charge is 2.00. The molecule has 0 saturated heterocycles. The fourth-order valence-electron chi connectivity index (χ4n) is 1.07. The first-order valence-electron chi connectivity index (χ1n) is 5.32. The first-order chi connectivity index (χ1) is 7.02. The maximum Gasteiger partial charge on any atom is 0.221 e. The fraction of sp³-hybridized carbons (Fsp3) is 0.900. The molecule has 1 atom stereocenters. The zero-order valence-electron chi connectivity index (χ0n) is 9.84. The summed E-state index contributed by atoms with van der Waals surface area (Å²) in [6.45, 7) is 5.44. The van der Waals surface area contributed by atoms with Crippen LogP contribution in [0.3, 0.4) is 0 Å². The molecule has 0 aromatic carbocycles. The summed E-state index contributed by atoms with van der Waals surface area (Å²) in [5, 5.41) is 5.97. The van der Waals surface area contributed by atoms with Gasteiger partial charge in [0.15, 0.2) is 0 Å². The predicted molar refractivity (Wildman–Crippen MR) is 64.3 cm³/mol. The van der Waals surface area contributed by atoms with Gasteiger partial charge in [0, 0.05) is 48.4 Å². The molecule has 4 nitrogen and oxygen atoms in total. The minimum Gasteiger partial charge on any atom is -0.356 e. The van der Waals surface area contributed by atoms with Crippen molar-refractivity contribution in [2.24, 2.45) is 0 Å². The third-order valence-corrected chi connectivity index (χ3v) is 2.70. The van der Waals surface area contributed by atoms with Gasteiger partial charge in [-0.1, -0.05) is 13.8 Å². The van der Waals surface area contributed by atoms with E-state index in [1.165, 1.54) is 0 Å². The van der Waals surface area contributed by atoms with Crippen molar-refractivity contribution in [2.45, 2.75) is 32.7 Å². The van der Waals surface area contributed by atoms with Crippen LogP contribution in [0, 0.1) is 0 Å². The highest BCUT2D eigenvalue weighted by molar-refractivity contribution is 7.84. The molecule has 0 heterocycles. The molecule has 0 aliphatic heterocycles. The average molecular weight is 234 g/mol. The Morgan fingerprint density at radius 1 is 1.33 bits per heavy atom. The highest BCUT2D eigenvalue weighted by atomic mass is 32.2. The molecule has 5 heteroatoms. The van der Waals surface area contributed by atoms with E-state index in [1.54, 1.807) is 6.26 Å². The molecule has 0 fully saturated rings. The molecule has 2 N–H and O–H groups in total. The van der Waals surface area contributed by atoms with Crippen LogP contribution in [-0.4, -0.2) is 41.3 Å². The monoisotopic (exact) mass is 234 g/mol. The van der Waals surface area contributed by atoms with Crippen LogP contribution in [0.1, 0.15) is 26.7 Å². The van der Waals surface area contributed by atoms with Crippen LogP contribution in [0.5, 0.6) is 0 Å². The molecule has 15 heavy (non-hydrogen) atoms. The van der Waals surface area contributed by atoms with Crippen molar-refractivity contribution < 1.29 is 9.00 Å². The summed E-state index contributed by atoms with van der Waals surface area (Å²) in [4.78, 5) is 11.2. The van der Waals surface area contributed by atoms with Crippen molar-refractivity contribution in [3.63, 3.8) is 0 Å². The summed E-state index contributed by atoms with van der Waals surface area (Å²) in [6.07, 6.45) is 2.97. The van der Waals surface area contributed by atoms with E-state index in [2.05, 4.69) is 24.5 Å². The van der Waals surface area contributed by atoms with Gasteiger partial charge in [0.2, 0.25) is 5.91 Å². The van der Waals surface area contributed by atoms with Gasteiger partial charge in [-0.3, -0.25) is 9.00 Å². The Morgan fingerprint density at radius 3 is 2.53 bits per heavy atom. The van der Waals surface area contributed by atoms with Crippen LogP contribution in [0.25, 0.3) is 0 Å². The summed E-state index contributed by atoms with van der Waals surface area (Å²) >= 11 is 0. The molecule has 0 bridgehead atoms. The van der Waals surface area contributed by atoms with E-state index in [9.17, 15) is 9.00 Å². The quantitative estimate of drug-likeness (QED) is 0.592. The summed E-state index contributed by atoms with van der Waals surface area (Å²) in [6, 6.07) is 0.417. The number of nitrogens with one attached hydrogen (secondary N) is 2. The van der Waals surface area contributed by atoms with E-state index in [-0.39, 0.29) is 5.91 Å². The van der Waals surface area contributed by atoms with Gasteiger partial charge in [0.1, 0.15) is 0 Å². The van der Waals surface area contributed by atoms with E-state index in [0.29, 0.717) is 31.3 Å². The van der Waals surface area contributed by atoms with Gasteiger partial charge < -0.3 is 10.6 Å². The van der Waals surface area contributed by atoms with Crippen molar-refractivity contribution in [1.82, 2.24) is 10.6 Å². The van der Waals surface area contributed by atoms with E-state index in [0.717, 1.165) is 6.42 Å². The van der Waals surface area contributed by atoms with E-state index >= 15 is 0 Å². The maximum absolute atomic E-state index is 11.2. The van der Waals surface area contributed by atoms with Gasteiger partial charge in [-0.25, -0.2) is 0 Å². The number of carbonyl (C=O) groups excluding carboxylic acids is 1. The summed E-state index contributed by atoms with van der Waals surface area (Å²) in [5.41, 5.74) is 0. The molecule has 0 radical (unpaired) electrons. The van der Waals surface area contributed by atoms with E-state index in [1.807, 2.05) is 0 Å². The molecule has 1 unspecified atom stereocenters. The number of amides is 1. The van der Waals surface area contributed by atoms with Crippen LogP contribution >= 0.6 is 0 Å². The highest BCUT2D eigenvalue weighted by Crippen LogP contribution is 1.84. The van der Waals surface area contributed by atoms with Gasteiger partial charge in [-0.15, -0.1) is 0 Å². The number of rotatable bonds is 8. The van der Waals surface area contributed by atoms with Crippen molar-refractivity contribution in [3.8, 4) is 0 Å². The third kappa shape index (κ3) is 11.5. The molecular formula is C10H22N2O2S. The Morgan fingerprint density at radius 2 is 2.00 bits per heavy atom. The molecular weight excluding hydrogens is 212 g/mol. The van der Waals surface area contributed by atoms with Crippen LogP contribution in [0.2, 0.25) is 0 Å². The van der Waals surface area contributed by atoms with Gasteiger partial charge in [0.25, 0.3) is 0 Å². The second kappa shape index (κ2) is 8.85. The lowest BCUT2D eigenvalue weighted by molar-refractivity contribution is -0.120. The van der Waals surface area contributed by atoms with E-state index < -0.39 is 10.8 Å². The zero-order valence-corrected chi connectivity index (χ0v) is 10.7. The van der Waals surface area contributed by atoms with Crippen LogP contribution < -0.4 is 10.6 Å². The second-order valence-electron chi connectivity index (χ2n) is 3.84. The lowest BCUT2D eigenvalue weighted by Gasteiger charge is -2.08. The molecule has 1 amide bonds. The molecule has 0 saturated carbocycles. The lowest BCUT2D eigenvalue weighted by atomic mass is 10.3. The average Bonchev–Trinajstić information content (AvgIpc) is 2.11. The maximum atomic E-state index is 11.2. The summed E-state index contributed by atoms with van der Waals surface area (Å²) in [7, 11) is -0.755. The summed E-state index contributed by atoms with van der Waals surface area (Å²) < 4.78 is 10.7. The Labute approximate surface area is 94.7 Å². The first kappa shape index (κ1) is 14.6. The lowest BCUT2D eigenvalue weighted by Crippen LogP contribution is -2.31. The molecule has 0 rings (SSSR count). The third-order valence-electron chi connectivity index (χ3n) is 1.84. The van der Waals surface area contributed by atoms with Gasteiger partial charge in [-0.05, 0) is 6.42 Å². The molecule has 0 aliphatic carbocycles. The zero-order chi connectivity index (χ0) is 11.7. The van der Waals surface area contributed by atoms with Gasteiger partial charge in [-0.2, -0.15) is 0 Å². The number of hydrogen-bond acceptors (Lipinski definition) is 3.